The molecule has 0 aliphatic heterocycles. The quantitative estimate of drug-likeness (QED) is 0.573. The molecule has 2 heterocycles. The first-order valence-electron chi connectivity index (χ1n) is 6.47. The number of nitrogens with two attached hydrogens (primary N) is 1. The van der Waals surface area contributed by atoms with Crippen molar-refractivity contribution < 1.29 is 0 Å². The van der Waals surface area contributed by atoms with Gasteiger partial charge in [-0.25, -0.2) is 9.97 Å². The molecule has 21 heavy (non-hydrogen) atoms. The zero-order chi connectivity index (χ0) is 14.8. The lowest BCUT2D eigenvalue weighted by molar-refractivity contribution is 0.905. The van der Waals surface area contributed by atoms with E-state index < -0.39 is 0 Å². The lowest BCUT2D eigenvalue weighted by Gasteiger charge is -2.07. The Morgan fingerprint density at radius 1 is 1.24 bits per heavy atom. The van der Waals surface area contributed by atoms with E-state index in [1.54, 1.807) is 6.92 Å². The number of nitrogen functional groups attached to an aromatic ring is 1. The topological polar surface area (TPSA) is 84.7 Å². The first-order valence-corrected chi connectivity index (χ1v) is 7.45. The van der Waals surface area contributed by atoms with Crippen LogP contribution in [0.4, 0.5) is 5.82 Å². The summed E-state index contributed by atoms with van der Waals surface area (Å²) in [4.78, 5) is 22.8. The Labute approximate surface area is 125 Å². The zero-order valence-electron chi connectivity index (χ0n) is 11.5. The van der Waals surface area contributed by atoms with Gasteiger partial charge < -0.3 is 10.7 Å². The molecule has 0 bridgehead atoms. The van der Waals surface area contributed by atoms with Crippen LogP contribution in [0.1, 0.15) is 11.3 Å². The van der Waals surface area contributed by atoms with Gasteiger partial charge in [-0.2, -0.15) is 0 Å². The van der Waals surface area contributed by atoms with E-state index in [1.807, 2.05) is 30.3 Å². The first-order chi connectivity index (χ1) is 10.1. The van der Waals surface area contributed by atoms with Crippen LogP contribution in [0.3, 0.4) is 0 Å². The van der Waals surface area contributed by atoms with Crippen molar-refractivity contribution in [1.29, 1.82) is 0 Å². The molecule has 0 spiro atoms. The van der Waals surface area contributed by atoms with Crippen molar-refractivity contribution in [3.63, 3.8) is 0 Å². The molecule has 0 radical (unpaired) electrons. The van der Waals surface area contributed by atoms with Gasteiger partial charge in [-0.15, -0.1) is 0 Å². The standard InChI is InChI=1S/C15H14N4OS/c1-9-6-13(20)19-15(17-9)21-8-11-7-10-4-2-3-5-12(10)18-14(11)16/h2-7H,8H2,1H3,(H2,16,18)(H,17,19,20). The second-order valence-corrected chi connectivity index (χ2v) is 5.67. The van der Waals surface area contributed by atoms with Crippen LogP contribution in [-0.2, 0) is 5.75 Å². The Morgan fingerprint density at radius 3 is 2.86 bits per heavy atom. The molecule has 0 amide bonds. The van der Waals surface area contributed by atoms with E-state index in [1.165, 1.54) is 17.8 Å². The number of nitrogens with zero attached hydrogens (tertiary/aromatic N) is 2. The highest BCUT2D eigenvalue weighted by atomic mass is 32.2. The van der Waals surface area contributed by atoms with Gasteiger partial charge in [0.1, 0.15) is 5.82 Å². The molecular formula is C15H14N4OS. The number of H-pyrrole nitrogens is 1. The molecule has 0 aliphatic rings. The number of fused-ring (bicyclic) bond motifs is 1. The number of hydrogen-bond donors (Lipinski definition) is 2. The van der Waals surface area contributed by atoms with Gasteiger partial charge >= 0.3 is 0 Å². The van der Waals surface area contributed by atoms with Crippen LogP contribution in [0.2, 0.25) is 0 Å². The summed E-state index contributed by atoms with van der Waals surface area (Å²) < 4.78 is 0. The van der Waals surface area contributed by atoms with Gasteiger partial charge in [0, 0.05) is 28.5 Å². The molecule has 0 saturated heterocycles. The summed E-state index contributed by atoms with van der Waals surface area (Å²) in [6, 6.07) is 11.3. The molecule has 2 aromatic heterocycles. The molecule has 0 aliphatic carbocycles. The number of benzene rings is 1. The fraction of sp³-hybridized carbons (Fsp3) is 0.133. The van der Waals surface area contributed by atoms with Gasteiger partial charge in [-0.1, -0.05) is 30.0 Å². The Hall–Kier alpha value is -2.34. The lowest BCUT2D eigenvalue weighted by Crippen LogP contribution is -2.08. The SMILES string of the molecule is Cc1cc(=O)[nH]c(SCc2cc3ccccc3nc2N)n1. The summed E-state index contributed by atoms with van der Waals surface area (Å²) in [6.07, 6.45) is 0. The summed E-state index contributed by atoms with van der Waals surface area (Å²) in [6.45, 7) is 1.80. The summed E-state index contributed by atoms with van der Waals surface area (Å²) in [5.41, 5.74) is 8.36. The minimum absolute atomic E-state index is 0.144. The molecule has 3 N–H and O–H groups in total. The zero-order valence-corrected chi connectivity index (χ0v) is 12.3. The molecule has 0 fully saturated rings. The van der Waals surface area contributed by atoms with Gasteiger partial charge in [0.05, 0.1) is 5.52 Å². The predicted octanol–water partition coefficient (Wildman–Crippen LogP) is 2.50. The minimum atomic E-state index is -0.144. The summed E-state index contributed by atoms with van der Waals surface area (Å²) >= 11 is 1.44. The third-order valence-corrected chi connectivity index (χ3v) is 3.97. The van der Waals surface area contributed by atoms with Crippen molar-refractivity contribution in [3.8, 4) is 0 Å². The smallest absolute Gasteiger partial charge is 0.251 e. The van der Waals surface area contributed by atoms with Crippen LogP contribution in [0.25, 0.3) is 10.9 Å². The van der Waals surface area contributed by atoms with E-state index in [2.05, 4.69) is 15.0 Å². The third kappa shape index (κ3) is 3.05. The first kappa shape index (κ1) is 13.6. The highest BCUT2D eigenvalue weighted by Gasteiger charge is 2.06. The highest BCUT2D eigenvalue weighted by molar-refractivity contribution is 7.98. The molecule has 0 unspecified atom stereocenters. The number of anilines is 1. The minimum Gasteiger partial charge on any atom is -0.383 e. The molecular weight excluding hydrogens is 284 g/mol. The second-order valence-electron chi connectivity index (χ2n) is 4.71. The third-order valence-electron chi connectivity index (χ3n) is 3.05. The Balaban J connectivity index is 1.87. The van der Waals surface area contributed by atoms with Gasteiger partial charge in [0.15, 0.2) is 5.16 Å². The number of hydrogen-bond acceptors (Lipinski definition) is 5. The van der Waals surface area contributed by atoms with Gasteiger partial charge in [0.2, 0.25) is 0 Å². The van der Waals surface area contributed by atoms with E-state index >= 15 is 0 Å². The molecule has 106 valence electrons. The number of aryl methyl sites for hydroxylation is 1. The van der Waals surface area contributed by atoms with Crippen molar-refractivity contribution >= 4 is 28.5 Å². The number of aromatic nitrogens is 3. The molecule has 6 heteroatoms. The van der Waals surface area contributed by atoms with Crippen LogP contribution in [0.15, 0.2) is 46.3 Å². The average molecular weight is 298 g/mol. The maximum absolute atomic E-state index is 11.4. The number of para-hydroxylation sites is 1. The van der Waals surface area contributed by atoms with Crippen molar-refractivity contribution in [1.82, 2.24) is 15.0 Å². The number of nitrogens with one attached hydrogen (secondary N) is 1. The molecule has 3 aromatic rings. The van der Waals surface area contributed by atoms with E-state index in [0.29, 0.717) is 22.4 Å². The Bertz CT molecular complexity index is 860. The van der Waals surface area contributed by atoms with Crippen LogP contribution in [0.5, 0.6) is 0 Å². The molecule has 5 nitrogen and oxygen atoms in total. The van der Waals surface area contributed by atoms with Crippen molar-refractivity contribution in [2.75, 3.05) is 5.73 Å². The van der Waals surface area contributed by atoms with Crippen LogP contribution in [-0.4, -0.2) is 15.0 Å². The highest BCUT2D eigenvalue weighted by Crippen LogP contribution is 2.24. The van der Waals surface area contributed by atoms with Crippen molar-refractivity contribution in [3.05, 3.63) is 58.0 Å². The van der Waals surface area contributed by atoms with Gasteiger partial charge in [0.25, 0.3) is 5.56 Å². The van der Waals surface area contributed by atoms with Crippen LogP contribution in [0, 0.1) is 6.92 Å². The van der Waals surface area contributed by atoms with Crippen molar-refractivity contribution in [2.45, 2.75) is 17.8 Å². The molecule has 0 saturated carbocycles. The number of aromatic amines is 1. The van der Waals surface area contributed by atoms with E-state index in [9.17, 15) is 4.79 Å². The second kappa shape index (κ2) is 5.57. The monoisotopic (exact) mass is 298 g/mol. The predicted molar refractivity (Wildman–Crippen MR) is 85.3 cm³/mol. The average Bonchev–Trinajstić information content (AvgIpc) is 2.44. The maximum Gasteiger partial charge on any atom is 0.251 e. The number of pyridine rings is 1. The van der Waals surface area contributed by atoms with Crippen molar-refractivity contribution in [2.24, 2.45) is 0 Å². The van der Waals surface area contributed by atoms with Crippen LogP contribution < -0.4 is 11.3 Å². The Kier molecular flexibility index (Phi) is 3.62. The number of rotatable bonds is 3. The maximum atomic E-state index is 11.4. The largest absolute Gasteiger partial charge is 0.383 e. The van der Waals surface area contributed by atoms with E-state index in [0.717, 1.165) is 16.5 Å². The fourth-order valence-electron chi connectivity index (χ4n) is 2.06. The summed E-state index contributed by atoms with van der Waals surface area (Å²) in [5, 5.41) is 1.64. The lowest BCUT2D eigenvalue weighted by atomic mass is 10.1. The van der Waals surface area contributed by atoms with E-state index in [-0.39, 0.29) is 5.56 Å². The van der Waals surface area contributed by atoms with E-state index in [4.69, 9.17) is 5.73 Å². The fourth-order valence-corrected chi connectivity index (χ4v) is 2.96. The molecule has 1 aromatic carbocycles. The van der Waals surface area contributed by atoms with Crippen LogP contribution >= 0.6 is 11.8 Å². The summed E-state index contributed by atoms with van der Waals surface area (Å²) in [5.74, 6) is 1.12. The Morgan fingerprint density at radius 2 is 2.05 bits per heavy atom. The number of thioether (sulfide) groups is 1. The van der Waals surface area contributed by atoms with Gasteiger partial charge in [-0.05, 0) is 19.1 Å². The normalized spacial score (nSPS) is 10.9. The van der Waals surface area contributed by atoms with Gasteiger partial charge in [-0.3, -0.25) is 4.79 Å². The molecule has 3 rings (SSSR count). The summed E-state index contributed by atoms with van der Waals surface area (Å²) in [7, 11) is 0. The molecule has 0 atom stereocenters.